The lowest BCUT2D eigenvalue weighted by Crippen LogP contribution is -2.52. The summed E-state index contributed by atoms with van der Waals surface area (Å²) < 4.78 is 18.8. The number of rotatable bonds is 7. The quantitative estimate of drug-likeness (QED) is 0.382. The summed E-state index contributed by atoms with van der Waals surface area (Å²) in [6, 6.07) is 3.97. The van der Waals surface area contributed by atoms with Gasteiger partial charge in [-0.15, -0.1) is 11.5 Å². The van der Waals surface area contributed by atoms with Crippen LogP contribution in [0.15, 0.2) is 24.3 Å². The van der Waals surface area contributed by atoms with E-state index in [1.807, 2.05) is 0 Å². The fourth-order valence-electron chi connectivity index (χ4n) is 2.51. The molecule has 31 heavy (non-hydrogen) atoms. The standard InChI is InChI=1S/C23H33FN2O4Si/c1-16(27)25-20(15-17-11-8-9-12-18(17)24)21(28)26-19(22(29)30-5)13-10-14-31(6,7)23(2,3)4/h8-9,11-12,19-20H,13,15H2,1-7H3,(H,25,27)(H,26,28)/t19-,20-/m1/s1. The maximum atomic E-state index is 14.0. The van der Waals surface area contributed by atoms with Crippen LogP contribution in [0.3, 0.4) is 0 Å². The zero-order valence-corrected chi connectivity index (χ0v) is 20.4. The molecule has 0 fully saturated rings. The molecule has 0 aliphatic carbocycles. The number of methoxy groups -OCH3 is 1. The minimum atomic E-state index is -1.88. The molecule has 0 bridgehead atoms. The highest BCUT2D eigenvalue weighted by Crippen LogP contribution is 2.35. The van der Waals surface area contributed by atoms with E-state index in [0.29, 0.717) is 0 Å². The smallest absolute Gasteiger partial charge is 0.329 e. The fourth-order valence-corrected chi connectivity index (χ4v) is 3.43. The van der Waals surface area contributed by atoms with Crippen LogP contribution < -0.4 is 10.6 Å². The van der Waals surface area contributed by atoms with Crippen molar-refractivity contribution in [1.29, 1.82) is 0 Å². The van der Waals surface area contributed by atoms with E-state index in [4.69, 9.17) is 4.74 Å². The van der Waals surface area contributed by atoms with Gasteiger partial charge in [0, 0.05) is 19.8 Å². The molecular weight excluding hydrogens is 415 g/mol. The lowest BCUT2D eigenvalue weighted by atomic mass is 10.0. The van der Waals surface area contributed by atoms with Crippen LogP contribution in [0.25, 0.3) is 0 Å². The molecule has 2 N–H and O–H groups in total. The molecule has 6 nitrogen and oxygen atoms in total. The normalized spacial score (nSPS) is 13.3. The summed E-state index contributed by atoms with van der Waals surface area (Å²) in [6.07, 6.45) is 0.0268. The first-order valence-corrected chi connectivity index (χ1v) is 13.2. The molecule has 1 aromatic carbocycles. The second-order valence-corrected chi connectivity index (χ2v) is 14.0. The molecule has 0 aromatic heterocycles. The van der Waals surface area contributed by atoms with Crippen LogP contribution in [-0.2, 0) is 25.5 Å². The molecule has 2 amide bonds. The van der Waals surface area contributed by atoms with Crippen molar-refractivity contribution < 1.29 is 23.5 Å². The van der Waals surface area contributed by atoms with Crippen LogP contribution >= 0.6 is 0 Å². The highest BCUT2D eigenvalue weighted by Gasteiger charge is 2.34. The molecule has 0 saturated carbocycles. The number of ether oxygens (including phenoxy) is 1. The first-order valence-electron chi connectivity index (χ1n) is 10.2. The zero-order chi connectivity index (χ0) is 23.8. The van der Waals surface area contributed by atoms with Crippen LogP contribution in [0.4, 0.5) is 4.39 Å². The van der Waals surface area contributed by atoms with Crippen molar-refractivity contribution in [2.75, 3.05) is 7.11 Å². The number of hydrogen-bond acceptors (Lipinski definition) is 4. The van der Waals surface area contributed by atoms with Gasteiger partial charge in [-0.3, -0.25) is 9.59 Å². The Kier molecular flexibility index (Phi) is 9.44. The summed E-state index contributed by atoms with van der Waals surface area (Å²) in [4.78, 5) is 36.7. The van der Waals surface area contributed by atoms with E-state index >= 15 is 0 Å². The third-order valence-electron chi connectivity index (χ3n) is 5.46. The summed E-state index contributed by atoms with van der Waals surface area (Å²) in [6.45, 7) is 12.0. The van der Waals surface area contributed by atoms with E-state index in [-0.39, 0.29) is 23.4 Å². The Morgan fingerprint density at radius 3 is 2.26 bits per heavy atom. The van der Waals surface area contributed by atoms with Crippen molar-refractivity contribution in [3.8, 4) is 11.5 Å². The van der Waals surface area contributed by atoms with E-state index in [0.717, 1.165) is 0 Å². The summed E-state index contributed by atoms with van der Waals surface area (Å²) in [5.41, 5.74) is 3.58. The second kappa shape index (κ2) is 11.1. The minimum absolute atomic E-state index is 0.0539. The topological polar surface area (TPSA) is 84.5 Å². The van der Waals surface area contributed by atoms with Gasteiger partial charge in [-0.05, 0) is 16.7 Å². The van der Waals surface area contributed by atoms with Crippen molar-refractivity contribution >= 4 is 25.9 Å². The van der Waals surface area contributed by atoms with Gasteiger partial charge in [0.1, 0.15) is 26.0 Å². The largest absolute Gasteiger partial charge is 0.467 e. The predicted molar refractivity (Wildman–Crippen MR) is 121 cm³/mol. The molecule has 8 heteroatoms. The molecule has 0 saturated heterocycles. The van der Waals surface area contributed by atoms with E-state index < -0.39 is 43.8 Å². The molecule has 0 radical (unpaired) electrons. The number of nitrogens with one attached hydrogen (secondary N) is 2. The molecule has 0 heterocycles. The van der Waals surface area contributed by atoms with Crippen molar-refractivity contribution in [2.45, 2.75) is 70.8 Å². The predicted octanol–water partition coefficient (Wildman–Crippen LogP) is 2.97. The maximum absolute atomic E-state index is 14.0. The average molecular weight is 449 g/mol. The fraction of sp³-hybridized carbons (Fsp3) is 0.522. The number of halogens is 1. The molecule has 170 valence electrons. The summed E-state index contributed by atoms with van der Waals surface area (Å²) in [5, 5.41) is 5.17. The van der Waals surface area contributed by atoms with Gasteiger partial charge < -0.3 is 15.4 Å². The molecule has 0 unspecified atom stereocenters. The van der Waals surface area contributed by atoms with E-state index in [1.54, 1.807) is 18.2 Å². The van der Waals surface area contributed by atoms with Gasteiger partial charge >= 0.3 is 5.97 Å². The highest BCUT2D eigenvalue weighted by atomic mass is 28.3. The van der Waals surface area contributed by atoms with Crippen molar-refractivity contribution in [1.82, 2.24) is 10.6 Å². The van der Waals surface area contributed by atoms with E-state index in [2.05, 4.69) is 56.0 Å². The Labute approximate surface area is 185 Å². The average Bonchev–Trinajstić information content (AvgIpc) is 2.66. The molecular formula is C23H33FN2O4Si. The molecule has 0 spiro atoms. The first-order chi connectivity index (χ1) is 14.3. The van der Waals surface area contributed by atoms with Crippen LogP contribution in [0, 0.1) is 17.3 Å². The summed E-state index contributed by atoms with van der Waals surface area (Å²) in [7, 11) is -0.653. The van der Waals surface area contributed by atoms with Gasteiger partial charge in [-0.25, -0.2) is 9.18 Å². The van der Waals surface area contributed by atoms with Gasteiger partial charge in [0.15, 0.2) is 0 Å². The Morgan fingerprint density at radius 2 is 1.74 bits per heavy atom. The van der Waals surface area contributed by atoms with Crippen LogP contribution in [0.5, 0.6) is 0 Å². The van der Waals surface area contributed by atoms with E-state index in [9.17, 15) is 18.8 Å². The van der Waals surface area contributed by atoms with Gasteiger partial charge in [-0.2, -0.15) is 0 Å². The minimum Gasteiger partial charge on any atom is -0.467 e. The van der Waals surface area contributed by atoms with Crippen LogP contribution in [0.2, 0.25) is 18.1 Å². The van der Waals surface area contributed by atoms with E-state index in [1.165, 1.54) is 20.1 Å². The third kappa shape index (κ3) is 8.17. The number of benzene rings is 1. The Balaban J connectivity index is 3.03. The number of amides is 2. The van der Waals surface area contributed by atoms with Crippen molar-refractivity contribution in [3.63, 3.8) is 0 Å². The van der Waals surface area contributed by atoms with Crippen LogP contribution in [-0.4, -0.2) is 45.1 Å². The summed E-state index contributed by atoms with van der Waals surface area (Å²) >= 11 is 0. The summed E-state index contributed by atoms with van der Waals surface area (Å²) in [5.74, 6) is 0.881. The number of carbonyl (C=O) groups is 3. The lowest BCUT2D eigenvalue weighted by Gasteiger charge is -2.31. The molecule has 0 aliphatic rings. The molecule has 2 atom stereocenters. The number of esters is 1. The molecule has 1 rings (SSSR count). The van der Waals surface area contributed by atoms with Gasteiger partial charge in [0.2, 0.25) is 11.8 Å². The van der Waals surface area contributed by atoms with Gasteiger partial charge in [-0.1, -0.05) is 52.1 Å². The zero-order valence-electron chi connectivity index (χ0n) is 19.4. The second-order valence-electron chi connectivity index (χ2n) is 9.01. The van der Waals surface area contributed by atoms with Gasteiger partial charge in [0.25, 0.3) is 0 Å². The Bertz CT molecular complexity index is 868. The lowest BCUT2D eigenvalue weighted by molar-refractivity contribution is -0.145. The van der Waals surface area contributed by atoms with Gasteiger partial charge in [0.05, 0.1) is 7.11 Å². The SMILES string of the molecule is COC(=O)[C@@H](CC#C[Si](C)(C)C(C)(C)C)NC(=O)[C@@H](Cc1ccccc1F)NC(C)=O. The van der Waals surface area contributed by atoms with Crippen LogP contribution in [0.1, 0.15) is 39.7 Å². The third-order valence-corrected chi connectivity index (χ3v) is 10.0. The molecule has 0 aliphatic heterocycles. The van der Waals surface area contributed by atoms with Crippen molar-refractivity contribution in [2.24, 2.45) is 0 Å². The highest BCUT2D eigenvalue weighted by molar-refractivity contribution is 6.87. The number of carbonyl (C=O) groups excluding carboxylic acids is 3. The first kappa shape index (κ1) is 26.4. The molecule has 1 aromatic rings. The monoisotopic (exact) mass is 448 g/mol. The Morgan fingerprint density at radius 1 is 1.13 bits per heavy atom. The number of hydrogen-bond donors (Lipinski definition) is 2. The maximum Gasteiger partial charge on any atom is 0.329 e. The van der Waals surface area contributed by atoms with Crippen molar-refractivity contribution in [3.05, 3.63) is 35.6 Å². The Hall–Kier alpha value is -2.66.